The second-order valence-electron chi connectivity index (χ2n) is 5.28. The van der Waals surface area contributed by atoms with Crippen LogP contribution < -0.4 is 10.6 Å². The van der Waals surface area contributed by atoms with Gasteiger partial charge in [-0.2, -0.15) is 0 Å². The summed E-state index contributed by atoms with van der Waals surface area (Å²) in [7, 11) is 0. The van der Waals surface area contributed by atoms with Crippen LogP contribution in [0.5, 0.6) is 0 Å². The van der Waals surface area contributed by atoms with Gasteiger partial charge in [-0.1, -0.05) is 25.3 Å². The number of nitrogens with one attached hydrogen (secondary N) is 2. The predicted molar refractivity (Wildman–Crippen MR) is 74.4 cm³/mol. The maximum Gasteiger partial charge on any atom is 0.238 e. The Labute approximate surface area is 117 Å². The van der Waals surface area contributed by atoms with Gasteiger partial charge < -0.3 is 10.6 Å². The number of carbonyl (C=O) groups is 1. The highest BCUT2D eigenvalue weighted by Gasteiger charge is 2.14. The van der Waals surface area contributed by atoms with Gasteiger partial charge in [-0.15, -0.1) is 0 Å². The molecule has 0 aliphatic heterocycles. The normalized spacial score (nSPS) is 16.1. The van der Waals surface area contributed by atoms with Crippen LogP contribution >= 0.6 is 0 Å². The number of hydrogen-bond donors (Lipinski definition) is 2. The topological polar surface area (TPSA) is 41.1 Å². The Morgan fingerprint density at radius 2 is 1.80 bits per heavy atom. The van der Waals surface area contributed by atoms with E-state index in [-0.39, 0.29) is 12.2 Å². The van der Waals surface area contributed by atoms with Crippen molar-refractivity contribution in [3.63, 3.8) is 0 Å². The molecule has 0 unspecified atom stereocenters. The third kappa shape index (κ3) is 4.27. The van der Waals surface area contributed by atoms with Gasteiger partial charge >= 0.3 is 0 Å². The van der Waals surface area contributed by atoms with Gasteiger partial charge in [-0.3, -0.25) is 4.79 Å². The van der Waals surface area contributed by atoms with Crippen molar-refractivity contribution in [1.82, 2.24) is 5.32 Å². The van der Waals surface area contributed by atoms with Gasteiger partial charge in [0.15, 0.2) is 0 Å². The fourth-order valence-corrected chi connectivity index (χ4v) is 2.58. The van der Waals surface area contributed by atoms with Crippen molar-refractivity contribution >= 4 is 11.6 Å². The molecule has 110 valence electrons. The Bertz CT molecular complexity index is 439. The van der Waals surface area contributed by atoms with Crippen LogP contribution in [0.3, 0.4) is 0 Å². The Morgan fingerprint density at radius 3 is 2.45 bits per heavy atom. The number of hydrogen-bond acceptors (Lipinski definition) is 2. The molecule has 0 aromatic heterocycles. The molecule has 1 saturated carbocycles. The highest BCUT2D eigenvalue weighted by Crippen LogP contribution is 2.22. The van der Waals surface area contributed by atoms with Crippen LogP contribution in [0.4, 0.5) is 14.5 Å². The number of rotatable bonds is 5. The average molecular weight is 282 g/mol. The van der Waals surface area contributed by atoms with Gasteiger partial charge in [0.25, 0.3) is 0 Å². The monoisotopic (exact) mass is 282 g/mol. The van der Waals surface area contributed by atoms with Gasteiger partial charge in [0, 0.05) is 0 Å². The van der Waals surface area contributed by atoms with E-state index in [1.807, 2.05) is 0 Å². The van der Waals surface area contributed by atoms with E-state index < -0.39 is 17.5 Å². The lowest BCUT2D eigenvalue weighted by molar-refractivity contribution is -0.115. The third-order valence-corrected chi connectivity index (χ3v) is 3.67. The standard InChI is InChI=1S/C15H20F2N2O/c16-12-7-4-8-13(17)15(12)19-14(20)10-18-9-11-5-2-1-3-6-11/h4,7-8,11,18H,1-3,5-6,9-10H2,(H,19,20). The van der Waals surface area contributed by atoms with Crippen molar-refractivity contribution in [2.75, 3.05) is 18.4 Å². The zero-order valence-corrected chi connectivity index (χ0v) is 11.4. The molecule has 1 aromatic carbocycles. The number of halogens is 2. The lowest BCUT2D eigenvalue weighted by Gasteiger charge is -2.21. The van der Waals surface area contributed by atoms with E-state index in [0.717, 1.165) is 18.7 Å². The molecule has 2 rings (SSSR count). The second-order valence-corrected chi connectivity index (χ2v) is 5.28. The quantitative estimate of drug-likeness (QED) is 0.871. The minimum atomic E-state index is -0.759. The van der Waals surface area contributed by atoms with Crippen LogP contribution in [-0.4, -0.2) is 19.0 Å². The van der Waals surface area contributed by atoms with Crippen LogP contribution in [0.2, 0.25) is 0 Å². The fourth-order valence-electron chi connectivity index (χ4n) is 2.58. The van der Waals surface area contributed by atoms with Crippen molar-refractivity contribution in [2.24, 2.45) is 5.92 Å². The van der Waals surface area contributed by atoms with Crippen molar-refractivity contribution in [1.29, 1.82) is 0 Å². The summed E-state index contributed by atoms with van der Waals surface area (Å²) in [4.78, 5) is 11.7. The predicted octanol–water partition coefficient (Wildman–Crippen LogP) is 3.07. The van der Waals surface area contributed by atoms with Crippen LogP contribution in [0.1, 0.15) is 32.1 Å². The Morgan fingerprint density at radius 1 is 1.15 bits per heavy atom. The highest BCUT2D eigenvalue weighted by molar-refractivity contribution is 5.92. The maximum absolute atomic E-state index is 13.3. The molecule has 0 heterocycles. The molecule has 2 N–H and O–H groups in total. The molecule has 5 heteroatoms. The van der Waals surface area contributed by atoms with Gasteiger partial charge in [-0.05, 0) is 37.4 Å². The van der Waals surface area contributed by atoms with E-state index >= 15 is 0 Å². The Kier molecular flexibility index (Phi) is 5.47. The summed E-state index contributed by atoms with van der Waals surface area (Å²) < 4.78 is 26.7. The number of para-hydroxylation sites is 1. The summed E-state index contributed by atoms with van der Waals surface area (Å²) >= 11 is 0. The molecule has 3 nitrogen and oxygen atoms in total. The van der Waals surface area contributed by atoms with Gasteiger partial charge in [0.2, 0.25) is 5.91 Å². The number of anilines is 1. The van der Waals surface area contributed by atoms with E-state index in [1.54, 1.807) is 0 Å². The Balaban J connectivity index is 1.75. The second kappa shape index (κ2) is 7.33. The first-order valence-electron chi connectivity index (χ1n) is 7.11. The summed E-state index contributed by atoms with van der Waals surface area (Å²) in [5.74, 6) is -1.33. The lowest BCUT2D eigenvalue weighted by Crippen LogP contribution is -2.32. The number of carbonyl (C=O) groups excluding carboxylic acids is 1. The first-order valence-corrected chi connectivity index (χ1v) is 7.11. The van der Waals surface area contributed by atoms with Crippen molar-refractivity contribution < 1.29 is 13.6 Å². The lowest BCUT2D eigenvalue weighted by atomic mass is 9.89. The molecule has 0 spiro atoms. The summed E-state index contributed by atoms with van der Waals surface area (Å²) in [6, 6.07) is 3.50. The van der Waals surface area contributed by atoms with E-state index in [2.05, 4.69) is 10.6 Å². The van der Waals surface area contributed by atoms with Crippen LogP contribution in [0.15, 0.2) is 18.2 Å². The van der Waals surface area contributed by atoms with E-state index in [1.165, 1.54) is 38.2 Å². The fraction of sp³-hybridized carbons (Fsp3) is 0.533. The SMILES string of the molecule is O=C(CNCC1CCCCC1)Nc1c(F)cccc1F. The van der Waals surface area contributed by atoms with Crippen molar-refractivity contribution in [3.05, 3.63) is 29.8 Å². The molecule has 1 amide bonds. The molecule has 1 fully saturated rings. The minimum Gasteiger partial charge on any atom is -0.320 e. The molecule has 0 atom stereocenters. The van der Waals surface area contributed by atoms with E-state index in [0.29, 0.717) is 5.92 Å². The average Bonchev–Trinajstić information content (AvgIpc) is 2.44. The molecule has 1 aliphatic carbocycles. The highest BCUT2D eigenvalue weighted by atomic mass is 19.1. The van der Waals surface area contributed by atoms with E-state index in [9.17, 15) is 13.6 Å². The smallest absolute Gasteiger partial charge is 0.238 e. The van der Waals surface area contributed by atoms with Gasteiger partial charge in [-0.25, -0.2) is 8.78 Å². The number of benzene rings is 1. The molecular formula is C15H20F2N2O. The summed E-state index contributed by atoms with van der Waals surface area (Å²) in [5, 5.41) is 5.32. The molecular weight excluding hydrogens is 262 g/mol. The van der Waals surface area contributed by atoms with Crippen LogP contribution in [0.25, 0.3) is 0 Å². The third-order valence-electron chi connectivity index (χ3n) is 3.67. The van der Waals surface area contributed by atoms with Crippen LogP contribution in [0, 0.1) is 17.6 Å². The molecule has 1 aromatic rings. The molecule has 0 bridgehead atoms. The summed E-state index contributed by atoms with van der Waals surface area (Å²) in [5.41, 5.74) is -0.378. The molecule has 1 aliphatic rings. The zero-order chi connectivity index (χ0) is 14.4. The number of amides is 1. The maximum atomic E-state index is 13.3. The summed E-state index contributed by atoms with van der Waals surface area (Å²) in [6.45, 7) is 0.859. The van der Waals surface area contributed by atoms with Crippen molar-refractivity contribution in [2.45, 2.75) is 32.1 Å². The first-order chi connectivity index (χ1) is 9.66. The largest absolute Gasteiger partial charge is 0.320 e. The van der Waals surface area contributed by atoms with Gasteiger partial charge in [0.05, 0.1) is 6.54 Å². The van der Waals surface area contributed by atoms with Crippen LogP contribution in [-0.2, 0) is 4.79 Å². The van der Waals surface area contributed by atoms with Crippen molar-refractivity contribution in [3.8, 4) is 0 Å². The molecule has 0 saturated heterocycles. The minimum absolute atomic E-state index is 0.0737. The zero-order valence-electron chi connectivity index (χ0n) is 11.4. The Hall–Kier alpha value is -1.49. The molecule has 0 radical (unpaired) electrons. The first kappa shape index (κ1) is 14.9. The molecule has 20 heavy (non-hydrogen) atoms. The van der Waals surface area contributed by atoms with Gasteiger partial charge in [0.1, 0.15) is 17.3 Å². The summed E-state index contributed by atoms with van der Waals surface area (Å²) in [6.07, 6.45) is 6.18. The van der Waals surface area contributed by atoms with E-state index in [4.69, 9.17) is 0 Å².